The van der Waals surface area contributed by atoms with E-state index >= 15 is 0 Å². The van der Waals surface area contributed by atoms with E-state index in [1.54, 1.807) is 20.4 Å². The predicted octanol–water partition coefficient (Wildman–Crippen LogP) is 1.11. The molecular weight excluding hydrogens is 366 g/mol. The van der Waals surface area contributed by atoms with E-state index < -0.39 is 35.6 Å². The third-order valence-electron chi connectivity index (χ3n) is 4.51. The molecule has 0 spiro atoms. The standard InChI is InChI=1S/C20H17F2N4O2.2H2/c1-10(13-4-3-12(9-23)7-15(13)21)25-17(27)8-14-19(22)18-11(2)24-6-5-16(18)26-20(14)28;;/h3-7,10,24H,8H2,1-2H3,(H,25,27)(H,26,28);2*1H/t10-;;/m0../s1. The number of carbonyl (C=O) groups excluding carboxylic acids is 1. The van der Waals surface area contributed by atoms with Gasteiger partial charge in [0.05, 0.1) is 46.8 Å². The van der Waals surface area contributed by atoms with E-state index in [-0.39, 0.29) is 24.8 Å². The molecule has 0 fully saturated rings. The number of amides is 1. The Morgan fingerprint density at radius 2 is 2.14 bits per heavy atom. The van der Waals surface area contributed by atoms with E-state index in [0.717, 1.165) is 6.07 Å². The van der Waals surface area contributed by atoms with Gasteiger partial charge in [0.1, 0.15) is 11.6 Å². The van der Waals surface area contributed by atoms with Crippen LogP contribution in [0.25, 0.3) is 11.8 Å². The minimum atomic E-state index is -0.763. The van der Waals surface area contributed by atoms with Crippen LogP contribution in [0.3, 0.4) is 0 Å². The number of halogens is 2. The Morgan fingerprint density at radius 1 is 1.39 bits per heavy atom. The van der Waals surface area contributed by atoms with Crippen molar-refractivity contribution in [2.24, 2.45) is 0 Å². The third-order valence-corrected chi connectivity index (χ3v) is 4.51. The fraction of sp³-hybridized carbons (Fsp3) is 0.200. The van der Waals surface area contributed by atoms with Crippen molar-refractivity contribution in [3.63, 3.8) is 0 Å². The normalized spacial score (nSPS) is 13.6. The summed E-state index contributed by atoms with van der Waals surface area (Å²) in [6, 6.07) is 5.02. The van der Waals surface area contributed by atoms with Gasteiger partial charge < -0.3 is 15.6 Å². The summed E-state index contributed by atoms with van der Waals surface area (Å²) in [5.41, 5.74) is -0.119. The van der Waals surface area contributed by atoms with E-state index in [1.807, 2.05) is 6.07 Å². The van der Waals surface area contributed by atoms with E-state index in [2.05, 4.69) is 15.6 Å². The zero-order valence-electron chi connectivity index (χ0n) is 15.2. The van der Waals surface area contributed by atoms with Crippen molar-refractivity contribution in [3.05, 3.63) is 74.0 Å². The van der Waals surface area contributed by atoms with E-state index in [4.69, 9.17) is 5.26 Å². The Labute approximate surface area is 162 Å². The maximum absolute atomic E-state index is 14.8. The lowest BCUT2D eigenvalue weighted by Crippen LogP contribution is -2.45. The smallest absolute Gasteiger partial charge is 0.255 e. The molecule has 1 radical (unpaired) electrons. The fourth-order valence-corrected chi connectivity index (χ4v) is 3.08. The number of hydrogen-bond donors (Lipinski definition) is 3. The van der Waals surface area contributed by atoms with Crippen LogP contribution in [0, 0.1) is 29.5 Å². The van der Waals surface area contributed by atoms with Crippen LogP contribution in [0.5, 0.6) is 0 Å². The van der Waals surface area contributed by atoms with Gasteiger partial charge in [-0.25, -0.2) is 8.78 Å². The van der Waals surface area contributed by atoms with Gasteiger partial charge in [-0.2, -0.15) is 5.26 Å². The van der Waals surface area contributed by atoms with Gasteiger partial charge in [0.15, 0.2) is 0 Å². The van der Waals surface area contributed by atoms with E-state index in [0.29, 0.717) is 11.0 Å². The Morgan fingerprint density at radius 3 is 2.82 bits per heavy atom. The zero-order chi connectivity index (χ0) is 20.4. The Balaban J connectivity index is 0.00000225. The van der Waals surface area contributed by atoms with Crippen LogP contribution < -0.4 is 26.8 Å². The van der Waals surface area contributed by atoms with Crippen LogP contribution in [0.15, 0.2) is 23.0 Å². The molecule has 1 amide bonds. The number of rotatable bonds is 4. The molecule has 1 aromatic carbocycles. The molecule has 1 aliphatic rings. The van der Waals surface area contributed by atoms with Crippen molar-refractivity contribution in [3.8, 4) is 6.07 Å². The number of aromatic nitrogens is 1. The first kappa shape index (κ1) is 19.3. The fourth-order valence-electron chi connectivity index (χ4n) is 3.08. The summed E-state index contributed by atoms with van der Waals surface area (Å²) in [7, 11) is 0. The molecule has 0 saturated heterocycles. The monoisotopic (exact) mass is 387 g/mol. The quantitative estimate of drug-likeness (QED) is 0.732. The highest BCUT2D eigenvalue weighted by Gasteiger charge is 2.19. The number of benzene rings is 1. The molecule has 1 aliphatic heterocycles. The summed E-state index contributed by atoms with van der Waals surface area (Å²) in [6.07, 6.45) is 1.04. The average Bonchev–Trinajstić information content (AvgIpc) is 2.64. The number of pyridine rings is 1. The van der Waals surface area contributed by atoms with Crippen LogP contribution in [0.1, 0.15) is 39.4 Å². The molecule has 0 aliphatic carbocycles. The number of nitriles is 1. The molecule has 0 unspecified atom stereocenters. The van der Waals surface area contributed by atoms with Crippen molar-refractivity contribution in [2.45, 2.75) is 26.3 Å². The first-order valence-corrected chi connectivity index (χ1v) is 8.52. The molecular formula is C20H21F2N4O2. The highest BCUT2D eigenvalue weighted by molar-refractivity contribution is 5.79. The molecule has 2 heterocycles. The van der Waals surface area contributed by atoms with Crippen molar-refractivity contribution in [1.29, 1.82) is 5.26 Å². The van der Waals surface area contributed by atoms with Crippen molar-refractivity contribution in [2.75, 3.05) is 0 Å². The molecule has 3 N–H and O–H groups in total. The van der Waals surface area contributed by atoms with Gasteiger partial charge in [0.2, 0.25) is 5.91 Å². The molecule has 1 atom stereocenters. The van der Waals surface area contributed by atoms with Crippen molar-refractivity contribution < 1.29 is 16.4 Å². The lowest BCUT2D eigenvalue weighted by molar-refractivity contribution is -0.121. The molecule has 2 aromatic rings. The van der Waals surface area contributed by atoms with Crippen LogP contribution in [0.4, 0.5) is 8.78 Å². The van der Waals surface area contributed by atoms with Gasteiger partial charge in [0.25, 0.3) is 5.56 Å². The summed E-state index contributed by atoms with van der Waals surface area (Å²) in [5.74, 6) is -2.02. The van der Waals surface area contributed by atoms with E-state index in [9.17, 15) is 18.4 Å². The molecule has 28 heavy (non-hydrogen) atoms. The predicted molar refractivity (Wildman–Crippen MR) is 103 cm³/mol. The Bertz CT molecular complexity index is 1190. The van der Waals surface area contributed by atoms with Gasteiger partial charge in [-0.05, 0) is 32.1 Å². The van der Waals surface area contributed by atoms with Gasteiger partial charge in [-0.1, -0.05) is 6.07 Å². The third kappa shape index (κ3) is 3.64. The highest BCUT2D eigenvalue weighted by Crippen LogP contribution is 2.18. The average molecular weight is 387 g/mol. The largest absolute Gasteiger partial charge is 0.379 e. The lowest BCUT2D eigenvalue weighted by atomic mass is 10.0. The summed E-state index contributed by atoms with van der Waals surface area (Å²) in [6.45, 7) is 4.79. The topological polar surface area (TPSA) is 97.8 Å². The van der Waals surface area contributed by atoms with Crippen molar-refractivity contribution in [1.82, 2.24) is 15.6 Å². The minimum absolute atomic E-state index is 0. The van der Waals surface area contributed by atoms with E-state index in [1.165, 1.54) is 18.2 Å². The van der Waals surface area contributed by atoms with Gasteiger partial charge in [0, 0.05) is 14.1 Å². The first-order chi connectivity index (χ1) is 13.3. The van der Waals surface area contributed by atoms with Crippen LogP contribution >= 0.6 is 0 Å². The van der Waals surface area contributed by atoms with Gasteiger partial charge in [-0.3, -0.25) is 9.59 Å². The summed E-state index contributed by atoms with van der Waals surface area (Å²) in [4.78, 5) is 27.1. The molecule has 3 rings (SSSR count). The second kappa shape index (κ2) is 7.64. The Kier molecular flexibility index (Phi) is 5.27. The van der Waals surface area contributed by atoms with Crippen LogP contribution in [0.2, 0.25) is 0 Å². The zero-order valence-corrected chi connectivity index (χ0v) is 15.2. The SMILES string of the molecule is CC1=c2c(F)c(CC(=O)N[C@@H](C)c3ccc(C#N)cc3F)c(=O)[nH]c2=C[CH]N1.[HH].[HH]. The van der Waals surface area contributed by atoms with Gasteiger partial charge in [-0.15, -0.1) is 0 Å². The molecule has 1 aromatic heterocycles. The molecule has 6 nitrogen and oxygen atoms in total. The highest BCUT2D eigenvalue weighted by atomic mass is 19.1. The summed E-state index contributed by atoms with van der Waals surface area (Å²) >= 11 is 0. The lowest BCUT2D eigenvalue weighted by Gasteiger charge is -2.16. The number of carbonyl (C=O) groups is 1. The molecule has 8 heteroatoms. The minimum Gasteiger partial charge on any atom is -0.379 e. The number of hydrogen-bond acceptors (Lipinski definition) is 4. The molecule has 0 bridgehead atoms. The molecule has 0 saturated carbocycles. The van der Waals surface area contributed by atoms with Gasteiger partial charge >= 0.3 is 0 Å². The number of nitrogens with zero attached hydrogens (tertiary/aromatic N) is 1. The second-order valence-electron chi connectivity index (χ2n) is 6.45. The van der Waals surface area contributed by atoms with Crippen LogP contribution in [-0.4, -0.2) is 10.9 Å². The molecule has 147 valence electrons. The van der Waals surface area contributed by atoms with Crippen molar-refractivity contribution >= 4 is 17.7 Å². The number of aromatic amines is 1. The number of fused-ring (bicyclic) bond motifs is 1. The number of H-pyrrole nitrogens is 1. The second-order valence-corrected chi connectivity index (χ2v) is 6.45. The summed E-state index contributed by atoms with van der Waals surface area (Å²) < 4.78 is 28.9. The first-order valence-electron chi connectivity index (χ1n) is 8.52. The maximum Gasteiger partial charge on any atom is 0.255 e. The summed E-state index contributed by atoms with van der Waals surface area (Å²) in [5, 5.41) is 14.7. The Hall–Kier alpha value is -3.47. The number of nitrogens with one attached hydrogen (secondary N) is 3. The maximum atomic E-state index is 14.8. The van der Waals surface area contributed by atoms with Crippen LogP contribution in [-0.2, 0) is 11.2 Å².